The van der Waals surface area contributed by atoms with E-state index in [1.807, 2.05) is 12.1 Å². The van der Waals surface area contributed by atoms with E-state index in [-0.39, 0.29) is 23.4 Å². The van der Waals surface area contributed by atoms with Gasteiger partial charge in [-0.05, 0) is 75.9 Å². The predicted octanol–water partition coefficient (Wildman–Crippen LogP) is 2.71. The molecule has 6 nitrogen and oxygen atoms in total. The summed E-state index contributed by atoms with van der Waals surface area (Å²) in [6, 6.07) is 7.18. The number of piperidine rings is 1. The maximum absolute atomic E-state index is 12.9. The van der Waals surface area contributed by atoms with E-state index < -0.39 is 6.04 Å². The maximum Gasteiger partial charge on any atom is 0.332 e. The molecule has 2 atom stereocenters. The summed E-state index contributed by atoms with van der Waals surface area (Å²) in [7, 11) is 4.24. The topological polar surface area (TPSA) is 69.9 Å². The Morgan fingerprint density at radius 2 is 1.79 bits per heavy atom. The fourth-order valence-corrected chi connectivity index (χ4v) is 5.29. The third-order valence-electron chi connectivity index (χ3n) is 6.92. The quantitative estimate of drug-likeness (QED) is 0.793. The summed E-state index contributed by atoms with van der Waals surface area (Å²) in [4.78, 5) is 31.0. The van der Waals surface area contributed by atoms with E-state index in [0.717, 1.165) is 25.8 Å². The van der Waals surface area contributed by atoms with Gasteiger partial charge in [-0.3, -0.25) is 4.79 Å². The lowest BCUT2D eigenvalue weighted by Gasteiger charge is -2.31. The number of carbonyl (C=O) groups excluding carboxylic acids is 2. The Bertz CT molecular complexity index is 739. The molecule has 0 bridgehead atoms. The molecule has 4 rings (SSSR count). The minimum atomic E-state index is -0.498. The molecule has 2 aliphatic heterocycles. The third kappa shape index (κ3) is 3.22. The minimum Gasteiger partial charge on any atom is -0.325 e. The molecule has 3 fully saturated rings. The first kappa shape index (κ1) is 19.4. The van der Waals surface area contributed by atoms with Crippen LogP contribution >= 0.6 is 0 Å². The lowest BCUT2D eigenvalue weighted by atomic mass is 9.76. The van der Waals surface area contributed by atoms with Crippen LogP contribution in [0.25, 0.3) is 0 Å². The number of carbonyl (C=O) groups is 2. The van der Waals surface area contributed by atoms with E-state index in [1.165, 1.54) is 36.1 Å². The van der Waals surface area contributed by atoms with Crippen LogP contribution in [0, 0.1) is 0 Å². The van der Waals surface area contributed by atoms with Crippen molar-refractivity contribution in [1.29, 1.82) is 0 Å². The van der Waals surface area contributed by atoms with Crippen molar-refractivity contribution in [1.82, 2.24) is 9.80 Å². The van der Waals surface area contributed by atoms with E-state index in [4.69, 9.17) is 5.73 Å². The minimum absolute atomic E-state index is 0.173. The van der Waals surface area contributed by atoms with E-state index in [2.05, 4.69) is 31.1 Å². The summed E-state index contributed by atoms with van der Waals surface area (Å²) < 4.78 is 0. The SMILES string of the molecule is CN(C)CCC1(c2ccc(N3C(=O)[C@@H]4[C@H](N)CCCN4C3=O)cc2)CCCC1. The first-order chi connectivity index (χ1) is 13.4. The molecule has 2 heterocycles. The molecule has 1 aromatic rings. The number of urea groups is 1. The number of benzene rings is 1. The molecule has 3 amide bonds. The number of fused-ring (bicyclic) bond motifs is 1. The normalized spacial score (nSPS) is 27.0. The summed E-state index contributed by atoms with van der Waals surface area (Å²) in [6.07, 6.45) is 7.77. The first-order valence-electron chi connectivity index (χ1n) is 10.6. The van der Waals surface area contributed by atoms with Crippen LogP contribution in [-0.2, 0) is 10.2 Å². The molecule has 28 heavy (non-hydrogen) atoms. The molecular weight excluding hydrogens is 352 g/mol. The highest BCUT2D eigenvalue weighted by Gasteiger charge is 2.50. The second-order valence-corrected chi connectivity index (χ2v) is 8.99. The van der Waals surface area contributed by atoms with Gasteiger partial charge in [-0.2, -0.15) is 0 Å². The van der Waals surface area contributed by atoms with Gasteiger partial charge in [0.05, 0.1) is 5.69 Å². The van der Waals surface area contributed by atoms with Gasteiger partial charge in [0.15, 0.2) is 0 Å². The lowest BCUT2D eigenvalue weighted by Crippen LogP contribution is -2.52. The van der Waals surface area contributed by atoms with Gasteiger partial charge in [0.25, 0.3) is 5.91 Å². The Morgan fingerprint density at radius 1 is 1.11 bits per heavy atom. The molecule has 1 aliphatic carbocycles. The fourth-order valence-electron chi connectivity index (χ4n) is 5.29. The molecule has 152 valence electrons. The second kappa shape index (κ2) is 7.48. The average molecular weight is 385 g/mol. The lowest BCUT2D eigenvalue weighted by molar-refractivity contribution is -0.120. The highest BCUT2D eigenvalue weighted by Crippen LogP contribution is 2.44. The van der Waals surface area contributed by atoms with Gasteiger partial charge in [0.1, 0.15) is 6.04 Å². The number of anilines is 1. The van der Waals surface area contributed by atoms with Gasteiger partial charge in [-0.15, -0.1) is 0 Å². The van der Waals surface area contributed by atoms with Gasteiger partial charge in [-0.25, -0.2) is 9.69 Å². The predicted molar refractivity (Wildman–Crippen MR) is 110 cm³/mol. The van der Waals surface area contributed by atoms with Crippen LogP contribution < -0.4 is 10.6 Å². The van der Waals surface area contributed by atoms with Crippen LogP contribution in [0.4, 0.5) is 10.5 Å². The van der Waals surface area contributed by atoms with Crippen molar-refractivity contribution in [2.45, 2.75) is 62.4 Å². The van der Waals surface area contributed by atoms with Crippen molar-refractivity contribution in [2.24, 2.45) is 5.73 Å². The Labute approximate surface area is 167 Å². The maximum atomic E-state index is 12.9. The standard InChI is InChI=1S/C22H32N4O2/c1-24(2)15-13-22(11-3-4-12-22)16-7-9-17(10-8-16)26-20(27)19-18(23)6-5-14-25(19)21(26)28/h7-10,18-19H,3-6,11-15,23H2,1-2H3/t18-,19+/m1/s1. The van der Waals surface area contributed by atoms with Crippen LogP contribution in [-0.4, -0.2) is 61.0 Å². The Hall–Kier alpha value is -1.92. The summed E-state index contributed by atoms with van der Waals surface area (Å²) in [5, 5.41) is 0. The Kier molecular flexibility index (Phi) is 5.19. The van der Waals surface area contributed by atoms with Crippen LogP contribution in [0.1, 0.15) is 50.5 Å². The summed E-state index contributed by atoms with van der Waals surface area (Å²) >= 11 is 0. The number of rotatable bonds is 5. The number of hydrogen-bond donors (Lipinski definition) is 1. The van der Waals surface area contributed by atoms with Crippen LogP contribution in [0.3, 0.4) is 0 Å². The third-order valence-corrected chi connectivity index (χ3v) is 6.92. The molecule has 0 spiro atoms. The molecule has 3 aliphatic rings. The van der Waals surface area contributed by atoms with Crippen LogP contribution in [0.2, 0.25) is 0 Å². The fraction of sp³-hybridized carbons (Fsp3) is 0.636. The van der Waals surface area contributed by atoms with Crippen molar-refractivity contribution in [3.05, 3.63) is 29.8 Å². The zero-order valence-corrected chi connectivity index (χ0v) is 17.1. The van der Waals surface area contributed by atoms with Crippen molar-refractivity contribution in [3.8, 4) is 0 Å². The number of nitrogens with two attached hydrogens (primary N) is 1. The van der Waals surface area contributed by atoms with Gasteiger partial charge in [0.2, 0.25) is 0 Å². The van der Waals surface area contributed by atoms with Gasteiger partial charge < -0.3 is 15.5 Å². The highest BCUT2D eigenvalue weighted by atomic mass is 16.2. The average Bonchev–Trinajstić information content (AvgIpc) is 3.25. The molecule has 1 aromatic carbocycles. The number of nitrogens with zero attached hydrogens (tertiary/aromatic N) is 3. The monoisotopic (exact) mass is 384 g/mol. The largest absolute Gasteiger partial charge is 0.332 e. The van der Waals surface area contributed by atoms with Crippen LogP contribution in [0.5, 0.6) is 0 Å². The Balaban J connectivity index is 1.57. The van der Waals surface area contributed by atoms with E-state index in [0.29, 0.717) is 12.2 Å². The van der Waals surface area contributed by atoms with Gasteiger partial charge in [-0.1, -0.05) is 25.0 Å². The molecule has 2 N–H and O–H groups in total. The van der Waals surface area contributed by atoms with Crippen molar-refractivity contribution in [3.63, 3.8) is 0 Å². The van der Waals surface area contributed by atoms with Crippen molar-refractivity contribution < 1.29 is 9.59 Å². The number of hydrogen-bond acceptors (Lipinski definition) is 4. The number of amides is 3. The molecule has 0 aromatic heterocycles. The summed E-state index contributed by atoms with van der Waals surface area (Å²) in [5.41, 5.74) is 8.38. The summed E-state index contributed by atoms with van der Waals surface area (Å²) in [6.45, 7) is 1.69. The molecule has 6 heteroatoms. The van der Waals surface area contributed by atoms with E-state index in [9.17, 15) is 9.59 Å². The van der Waals surface area contributed by atoms with Crippen molar-refractivity contribution in [2.75, 3.05) is 32.1 Å². The smallest absolute Gasteiger partial charge is 0.325 e. The van der Waals surface area contributed by atoms with Crippen molar-refractivity contribution >= 4 is 17.6 Å². The van der Waals surface area contributed by atoms with E-state index >= 15 is 0 Å². The molecule has 0 radical (unpaired) electrons. The zero-order chi connectivity index (χ0) is 19.9. The molecule has 0 unspecified atom stereocenters. The van der Waals surface area contributed by atoms with E-state index in [1.54, 1.807) is 4.90 Å². The number of imide groups is 1. The van der Waals surface area contributed by atoms with Gasteiger partial charge >= 0.3 is 6.03 Å². The molecular formula is C22H32N4O2. The summed E-state index contributed by atoms with van der Waals surface area (Å²) in [5.74, 6) is -0.173. The highest BCUT2D eigenvalue weighted by molar-refractivity contribution is 6.21. The Morgan fingerprint density at radius 3 is 2.39 bits per heavy atom. The first-order valence-corrected chi connectivity index (χ1v) is 10.6. The van der Waals surface area contributed by atoms with Gasteiger partial charge in [0, 0.05) is 12.6 Å². The van der Waals surface area contributed by atoms with Crippen LogP contribution in [0.15, 0.2) is 24.3 Å². The molecule has 1 saturated carbocycles. The zero-order valence-electron chi connectivity index (χ0n) is 17.1. The molecule has 2 saturated heterocycles. The second-order valence-electron chi connectivity index (χ2n) is 8.99.